The lowest BCUT2D eigenvalue weighted by Crippen LogP contribution is -2.58. The van der Waals surface area contributed by atoms with Crippen molar-refractivity contribution in [2.75, 3.05) is 11.6 Å². The summed E-state index contributed by atoms with van der Waals surface area (Å²) in [6.45, 7) is 5.45. The molecule has 0 spiro atoms. The lowest BCUT2D eigenvalue weighted by atomic mass is 9.81. The lowest BCUT2D eigenvalue weighted by molar-refractivity contribution is -0.123. The molecule has 166 valence electrons. The number of amides is 2. The van der Waals surface area contributed by atoms with E-state index < -0.39 is 17.2 Å². The first-order valence-corrected chi connectivity index (χ1v) is 12.0. The van der Waals surface area contributed by atoms with Gasteiger partial charge in [-0.15, -0.1) is 11.8 Å². The summed E-state index contributed by atoms with van der Waals surface area (Å²) in [7, 11) is 0. The van der Waals surface area contributed by atoms with E-state index >= 15 is 0 Å². The van der Waals surface area contributed by atoms with E-state index in [1.165, 1.54) is 10.5 Å². The van der Waals surface area contributed by atoms with Crippen molar-refractivity contribution in [2.24, 2.45) is 0 Å². The van der Waals surface area contributed by atoms with Crippen molar-refractivity contribution in [1.82, 2.24) is 5.32 Å². The van der Waals surface area contributed by atoms with Crippen molar-refractivity contribution in [1.29, 1.82) is 0 Å². The summed E-state index contributed by atoms with van der Waals surface area (Å²) in [5, 5.41) is 5.90. The summed E-state index contributed by atoms with van der Waals surface area (Å²) in [6, 6.07) is 16.1. The normalized spacial score (nSPS) is 15.7. The molecule has 0 aromatic heterocycles. The second-order valence-corrected chi connectivity index (χ2v) is 9.85. The topological polar surface area (TPSA) is 67.4 Å². The minimum absolute atomic E-state index is 0.185. The first-order valence-electron chi connectivity index (χ1n) is 10.8. The van der Waals surface area contributed by atoms with Gasteiger partial charge in [-0.25, -0.2) is 4.79 Å². The molecule has 0 bridgehead atoms. The predicted molar refractivity (Wildman–Crippen MR) is 127 cm³/mol. The van der Waals surface area contributed by atoms with Gasteiger partial charge in [0, 0.05) is 10.6 Å². The van der Waals surface area contributed by atoms with E-state index in [1.54, 1.807) is 11.8 Å². The van der Waals surface area contributed by atoms with Crippen molar-refractivity contribution in [2.45, 2.75) is 68.9 Å². The monoisotopic (exact) mass is 440 g/mol. The van der Waals surface area contributed by atoms with Crippen LogP contribution in [-0.2, 0) is 9.53 Å². The van der Waals surface area contributed by atoms with Gasteiger partial charge >= 0.3 is 6.09 Å². The smallest absolute Gasteiger partial charge is 0.408 e. The zero-order chi connectivity index (χ0) is 22.5. The van der Waals surface area contributed by atoms with Gasteiger partial charge in [-0.3, -0.25) is 4.79 Å². The number of rotatable bonds is 5. The molecule has 6 heteroatoms. The van der Waals surface area contributed by atoms with Gasteiger partial charge in [0.25, 0.3) is 0 Å². The second-order valence-electron chi connectivity index (χ2n) is 9.00. The van der Waals surface area contributed by atoms with Gasteiger partial charge in [0.1, 0.15) is 11.1 Å². The van der Waals surface area contributed by atoms with Crippen LogP contribution in [0.5, 0.6) is 0 Å². The van der Waals surface area contributed by atoms with E-state index in [4.69, 9.17) is 4.74 Å². The van der Waals surface area contributed by atoms with Gasteiger partial charge < -0.3 is 15.4 Å². The molecule has 2 N–H and O–H groups in total. The fourth-order valence-corrected chi connectivity index (χ4v) is 4.55. The van der Waals surface area contributed by atoms with Crippen LogP contribution in [0.4, 0.5) is 10.5 Å². The van der Waals surface area contributed by atoms with Crippen LogP contribution < -0.4 is 10.6 Å². The summed E-state index contributed by atoms with van der Waals surface area (Å²) in [5.41, 5.74) is 1.43. The highest BCUT2D eigenvalue weighted by Gasteiger charge is 2.42. The maximum atomic E-state index is 13.3. The highest BCUT2D eigenvalue weighted by Crippen LogP contribution is 2.32. The Bertz CT molecular complexity index is 913. The van der Waals surface area contributed by atoms with Gasteiger partial charge in [0.2, 0.25) is 5.91 Å². The van der Waals surface area contributed by atoms with Crippen LogP contribution in [0.2, 0.25) is 0 Å². The number of alkyl carbamates (subject to hydrolysis) is 1. The molecule has 3 rings (SSSR count). The molecule has 5 nitrogen and oxygen atoms in total. The Morgan fingerprint density at radius 1 is 0.968 bits per heavy atom. The van der Waals surface area contributed by atoms with Crippen LogP contribution in [0, 0.1) is 0 Å². The molecule has 2 amide bonds. The Labute approximate surface area is 189 Å². The number of hydrogen-bond donors (Lipinski definition) is 2. The third kappa shape index (κ3) is 6.03. The number of nitrogens with one attached hydrogen (secondary N) is 2. The molecule has 1 saturated carbocycles. The minimum Gasteiger partial charge on any atom is -0.444 e. The largest absolute Gasteiger partial charge is 0.444 e. The molecule has 0 unspecified atom stereocenters. The standard InChI is InChI=1S/C25H32N2O3S/c1-24(2,3)30-23(29)27-25(16-8-5-9-17-25)22(28)26-19-14-12-18(13-15-19)20-10-6-7-11-21(20)31-4/h6-7,10-15H,5,8-9,16-17H2,1-4H3,(H,26,28)(H,27,29). The summed E-state index contributed by atoms with van der Waals surface area (Å²) in [5.74, 6) is -0.185. The maximum absolute atomic E-state index is 13.3. The molecular formula is C25H32N2O3S. The van der Waals surface area contributed by atoms with Crippen LogP contribution >= 0.6 is 11.8 Å². The third-order valence-corrected chi connectivity index (χ3v) is 6.24. The first kappa shape index (κ1) is 23.2. The second kappa shape index (κ2) is 9.77. The first-order chi connectivity index (χ1) is 14.7. The van der Waals surface area contributed by atoms with Crippen molar-refractivity contribution in [3.8, 4) is 11.1 Å². The van der Waals surface area contributed by atoms with E-state index in [0.29, 0.717) is 18.5 Å². The average Bonchev–Trinajstić information content (AvgIpc) is 2.73. The number of benzene rings is 2. The zero-order valence-corrected chi connectivity index (χ0v) is 19.6. The van der Waals surface area contributed by atoms with E-state index in [0.717, 1.165) is 24.8 Å². The summed E-state index contributed by atoms with van der Waals surface area (Å²) >= 11 is 1.71. The van der Waals surface area contributed by atoms with Crippen LogP contribution in [0.1, 0.15) is 52.9 Å². The van der Waals surface area contributed by atoms with Crippen molar-refractivity contribution < 1.29 is 14.3 Å². The van der Waals surface area contributed by atoms with Crippen LogP contribution in [0.3, 0.4) is 0 Å². The summed E-state index contributed by atoms with van der Waals surface area (Å²) < 4.78 is 5.42. The number of anilines is 1. The molecule has 0 radical (unpaired) electrons. The number of thioether (sulfide) groups is 1. The minimum atomic E-state index is -0.940. The van der Waals surface area contributed by atoms with E-state index in [-0.39, 0.29) is 5.91 Å². The number of ether oxygens (including phenoxy) is 1. The summed E-state index contributed by atoms with van der Waals surface area (Å²) in [4.78, 5) is 26.9. The fraction of sp³-hybridized carbons (Fsp3) is 0.440. The van der Waals surface area contributed by atoms with Gasteiger partial charge in [0.15, 0.2) is 0 Å². The average molecular weight is 441 g/mol. The molecule has 1 aliphatic rings. The van der Waals surface area contributed by atoms with E-state index in [1.807, 2.05) is 57.2 Å². The van der Waals surface area contributed by atoms with E-state index in [9.17, 15) is 9.59 Å². The van der Waals surface area contributed by atoms with Crippen LogP contribution in [0.15, 0.2) is 53.4 Å². The SMILES string of the molecule is CSc1ccccc1-c1ccc(NC(=O)C2(NC(=O)OC(C)(C)C)CCCCC2)cc1. The molecule has 0 heterocycles. The molecule has 0 saturated heterocycles. The Morgan fingerprint density at radius 3 is 2.23 bits per heavy atom. The molecule has 0 atom stereocenters. The number of hydrogen-bond acceptors (Lipinski definition) is 4. The van der Waals surface area contributed by atoms with Crippen LogP contribution in [0.25, 0.3) is 11.1 Å². The molecular weight excluding hydrogens is 408 g/mol. The Hall–Kier alpha value is -2.47. The van der Waals surface area contributed by atoms with Crippen molar-refractivity contribution in [3.63, 3.8) is 0 Å². The fourth-order valence-electron chi connectivity index (χ4n) is 3.93. The third-order valence-electron chi connectivity index (χ3n) is 5.44. The van der Waals surface area contributed by atoms with Gasteiger partial charge in [-0.05, 0) is 69.2 Å². The number of carbonyl (C=O) groups is 2. The molecule has 31 heavy (non-hydrogen) atoms. The maximum Gasteiger partial charge on any atom is 0.408 e. The van der Waals surface area contributed by atoms with Gasteiger partial charge in [-0.2, -0.15) is 0 Å². The zero-order valence-electron chi connectivity index (χ0n) is 18.8. The Balaban J connectivity index is 1.75. The van der Waals surface area contributed by atoms with Crippen molar-refractivity contribution >= 4 is 29.4 Å². The van der Waals surface area contributed by atoms with Gasteiger partial charge in [-0.1, -0.05) is 49.6 Å². The summed E-state index contributed by atoms with van der Waals surface area (Å²) in [6.07, 6.45) is 5.59. The van der Waals surface area contributed by atoms with Crippen molar-refractivity contribution in [3.05, 3.63) is 48.5 Å². The lowest BCUT2D eigenvalue weighted by Gasteiger charge is -2.37. The highest BCUT2D eigenvalue weighted by molar-refractivity contribution is 7.98. The molecule has 1 aliphatic carbocycles. The molecule has 2 aromatic rings. The molecule has 1 fully saturated rings. The molecule has 0 aliphatic heterocycles. The van der Waals surface area contributed by atoms with Crippen LogP contribution in [-0.4, -0.2) is 29.4 Å². The quantitative estimate of drug-likeness (QED) is 0.540. The van der Waals surface area contributed by atoms with Gasteiger partial charge in [0.05, 0.1) is 0 Å². The van der Waals surface area contributed by atoms with E-state index in [2.05, 4.69) is 29.0 Å². The molecule has 2 aromatic carbocycles. The predicted octanol–water partition coefficient (Wildman–Crippen LogP) is 6.24. The Morgan fingerprint density at radius 2 is 1.61 bits per heavy atom. The highest BCUT2D eigenvalue weighted by atomic mass is 32.2. The Kier molecular flexibility index (Phi) is 7.31. The number of carbonyl (C=O) groups excluding carboxylic acids is 2.